The Bertz CT molecular complexity index is 881. The van der Waals surface area contributed by atoms with Crippen molar-refractivity contribution in [1.82, 2.24) is 15.2 Å². The number of benzene rings is 1. The van der Waals surface area contributed by atoms with Crippen molar-refractivity contribution < 1.29 is 14.4 Å². The van der Waals surface area contributed by atoms with E-state index in [0.29, 0.717) is 5.56 Å². The van der Waals surface area contributed by atoms with Crippen LogP contribution in [-0.4, -0.2) is 39.7 Å². The van der Waals surface area contributed by atoms with E-state index >= 15 is 0 Å². The molecule has 0 radical (unpaired) electrons. The number of ketones is 1. The zero-order valence-electron chi connectivity index (χ0n) is 13.7. The molecule has 1 saturated heterocycles. The summed E-state index contributed by atoms with van der Waals surface area (Å²) < 4.78 is 0. The van der Waals surface area contributed by atoms with Crippen molar-refractivity contribution in [2.75, 3.05) is 6.54 Å². The Morgan fingerprint density at radius 3 is 2.71 bits per heavy atom. The topological polar surface area (TPSA) is 82.3 Å². The monoisotopic (exact) mass is 325 g/mol. The Hall–Kier alpha value is -2.63. The summed E-state index contributed by atoms with van der Waals surface area (Å²) in [6, 6.07) is 7.05. The second kappa shape index (κ2) is 4.93. The maximum Gasteiger partial charge on any atom is 0.325 e. The van der Waals surface area contributed by atoms with E-state index in [1.54, 1.807) is 6.92 Å². The van der Waals surface area contributed by atoms with Crippen molar-refractivity contribution in [3.63, 3.8) is 0 Å². The first-order chi connectivity index (χ1) is 11.4. The summed E-state index contributed by atoms with van der Waals surface area (Å²) in [4.78, 5) is 41.9. The molecule has 1 aromatic heterocycles. The average molecular weight is 325 g/mol. The third-order valence-electron chi connectivity index (χ3n) is 5.17. The van der Waals surface area contributed by atoms with Crippen LogP contribution in [0.4, 0.5) is 4.79 Å². The van der Waals surface area contributed by atoms with Gasteiger partial charge in [-0.25, -0.2) is 4.79 Å². The maximum absolute atomic E-state index is 12.8. The first-order valence-electron chi connectivity index (χ1n) is 8.16. The minimum absolute atomic E-state index is 0.184. The molecular formula is C18H19N3O3. The van der Waals surface area contributed by atoms with Crippen molar-refractivity contribution in [3.8, 4) is 0 Å². The summed E-state index contributed by atoms with van der Waals surface area (Å²) in [6.45, 7) is 3.36. The van der Waals surface area contributed by atoms with E-state index < -0.39 is 11.6 Å². The number of H-pyrrole nitrogens is 1. The molecule has 24 heavy (non-hydrogen) atoms. The van der Waals surface area contributed by atoms with Gasteiger partial charge in [-0.15, -0.1) is 0 Å². The van der Waals surface area contributed by atoms with Gasteiger partial charge in [0.15, 0.2) is 5.78 Å². The molecular weight excluding hydrogens is 306 g/mol. The van der Waals surface area contributed by atoms with E-state index in [0.717, 1.165) is 34.3 Å². The van der Waals surface area contributed by atoms with E-state index in [1.807, 2.05) is 31.2 Å². The molecule has 1 unspecified atom stereocenters. The Morgan fingerprint density at radius 2 is 2.00 bits per heavy atom. The van der Waals surface area contributed by atoms with Crippen LogP contribution in [0.5, 0.6) is 0 Å². The van der Waals surface area contributed by atoms with E-state index in [4.69, 9.17) is 0 Å². The lowest BCUT2D eigenvalue weighted by atomic mass is 9.96. The van der Waals surface area contributed by atoms with Gasteiger partial charge in [0.1, 0.15) is 5.54 Å². The number of para-hydroxylation sites is 1. The number of fused-ring (bicyclic) bond motifs is 1. The second-order valence-electron chi connectivity index (χ2n) is 6.89. The lowest BCUT2D eigenvalue weighted by Gasteiger charge is -2.20. The number of hydrogen-bond donors (Lipinski definition) is 2. The lowest BCUT2D eigenvalue weighted by molar-refractivity contribution is -0.131. The van der Waals surface area contributed by atoms with Gasteiger partial charge in [-0.3, -0.25) is 14.5 Å². The van der Waals surface area contributed by atoms with E-state index in [2.05, 4.69) is 10.3 Å². The Labute approximate surface area is 139 Å². The number of urea groups is 1. The highest BCUT2D eigenvalue weighted by molar-refractivity contribution is 6.15. The van der Waals surface area contributed by atoms with Gasteiger partial charge in [0, 0.05) is 22.2 Å². The van der Waals surface area contributed by atoms with Gasteiger partial charge in [0.2, 0.25) is 0 Å². The molecule has 6 heteroatoms. The van der Waals surface area contributed by atoms with Crippen molar-refractivity contribution in [2.24, 2.45) is 5.92 Å². The van der Waals surface area contributed by atoms with Crippen molar-refractivity contribution in [3.05, 3.63) is 35.5 Å². The molecule has 124 valence electrons. The van der Waals surface area contributed by atoms with Crippen molar-refractivity contribution in [1.29, 1.82) is 0 Å². The molecule has 2 N–H and O–H groups in total. The number of Topliss-reactive ketones (excluding diaryl/α,β-unsaturated/α-hetero) is 1. The lowest BCUT2D eigenvalue weighted by Crippen LogP contribution is -2.46. The van der Waals surface area contributed by atoms with E-state index in [9.17, 15) is 14.4 Å². The number of imide groups is 1. The first-order valence-corrected chi connectivity index (χ1v) is 8.16. The predicted octanol–water partition coefficient (Wildman–Crippen LogP) is 2.38. The number of rotatable bonds is 4. The molecule has 2 aliphatic rings. The second-order valence-corrected chi connectivity index (χ2v) is 6.89. The van der Waals surface area contributed by atoms with Crippen LogP contribution in [0.3, 0.4) is 0 Å². The highest BCUT2D eigenvalue weighted by Gasteiger charge is 2.56. The molecule has 1 atom stereocenters. The Morgan fingerprint density at radius 1 is 1.29 bits per heavy atom. The highest BCUT2D eigenvalue weighted by Crippen LogP contribution is 2.42. The van der Waals surface area contributed by atoms with Crippen LogP contribution >= 0.6 is 0 Å². The number of carbonyl (C=O) groups excluding carboxylic acids is 3. The van der Waals surface area contributed by atoms with Gasteiger partial charge in [-0.2, -0.15) is 0 Å². The average Bonchev–Trinajstić information content (AvgIpc) is 3.30. The number of nitrogens with zero attached hydrogens (tertiary/aromatic N) is 1. The van der Waals surface area contributed by atoms with Gasteiger partial charge in [-0.1, -0.05) is 18.2 Å². The number of nitrogens with one attached hydrogen (secondary N) is 2. The third-order valence-corrected chi connectivity index (χ3v) is 5.17. The molecule has 1 aliphatic carbocycles. The fourth-order valence-corrected chi connectivity index (χ4v) is 3.66. The smallest absolute Gasteiger partial charge is 0.325 e. The number of aryl methyl sites for hydroxylation is 1. The standard InChI is InChI=1S/C18H19N3O3/c1-10-15(12-5-3-4-6-13(12)19-10)14(22)9-21-16(23)18(2,11-7-8-11)20-17(21)24/h3-6,11,19H,7-9H2,1-2H3,(H,20,24). The highest BCUT2D eigenvalue weighted by atomic mass is 16.2. The molecule has 1 aliphatic heterocycles. The van der Waals surface area contributed by atoms with Gasteiger partial charge in [0.05, 0.1) is 6.54 Å². The van der Waals surface area contributed by atoms with Gasteiger partial charge >= 0.3 is 6.03 Å². The van der Waals surface area contributed by atoms with E-state index in [-0.39, 0.29) is 24.2 Å². The molecule has 3 amide bonds. The fraction of sp³-hybridized carbons (Fsp3) is 0.389. The Balaban J connectivity index is 1.63. The molecule has 6 nitrogen and oxygen atoms in total. The number of carbonyl (C=O) groups is 3. The van der Waals surface area contributed by atoms with E-state index in [1.165, 1.54) is 0 Å². The number of aromatic nitrogens is 1. The third kappa shape index (κ3) is 2.06. The van der Waals surface area contributed by atoms with Crippen LogP contribution in [-0.2, 0) is 4.79 Å². The van der Waals surface area contributed by atoms with Crippen LogP contribution < -0.4 is 5.32 Å². The zero-order chi connectivity index (χ0) is 17.1. The minimum Gasteiger partial charge on any atom is -0.358 e. The van der Waals surface area contributed by atoms with Crippen molar-refractivity contribution in [2.45, 2.75) is 32.2 Å². The van der Waals surface area contributed by atoms with Crippen LogP contribution in [0.15, 0.2) is 24.3 Å². The molecule has 0 spiro atoms. The SMILES string of the molecule is Cc1[nH]c2ccccc2c1C(=O)CN1C(=O)NC(C)(C2CC2)C1=O. The van der Waals surface area contributed by atoms with Crippen LogP contribution in [0.1, 0.15) is 35.8 Å². The molecule has 1 aromatic carbocycles. The normalized spacial score (nSPS) is 23.8. The molecule has 0 bridgehead atoms. The van der Waals surface area contributed by atoms with Crippen LogP contribution in [0.2, 0.25) is 0 Å². The van der Waals surface area contributed by atoms with Crippen molar-refractivity contribution >= 4 is 28.6 Å². The van der Waals surface area contributed by atoms with Crippen LogP contribution in [0.25, 0.3) is 10.9 Å². The molecule has 2 aromatic rings. The number of aromatic amines is 1. The Kier molecular flexibility index (Phi) is 3.07. The van der Waals surface area contributed by atoms with Gasteiger partial charge in [-0.05, 0) is 38.7 Å². The number of hydrogen-bond acceptors (Lipinski definition) is 3. The zero-order valence-corrected chi connectivity index (χ0v) is 13.7. The number of amides is 3. The first kappa shape index (κ1) is 14.9. The quantitative estimate of drug-likeness (QED) is 0.669. The summed E-state index contributed by atoms with van der Waals surface area (Å²) in [6.07, 6.45) is 1.87. The minimum atomic E-state index is -0.855. The molecule has 2 fully saturated rings. The van der Waals surface area contributed by atoms with Gasteiger partial charge in [0.25, 0.3) is 5.91 Å². The fourth-order valence-electron chi connectivity index (χ4n) is 3.66. The summed E-state index contributed by atoms with van der Waals surface area (Å²) in [7, 11) is 0. The molecule has 1 saturated carbocycles. The van der Waals surface area contributed by atoms with Gasteiger partial charge < -0.3 is 10.3 Å². The maximum atomic E-state index is 12.8. The molecule has 2 heterocycles. The summed E-state index contributed by atoms with van der Waals surface area (Å²) in [5, 5.41) is 3.59. The van der Waals surface area contributed by atoms with Crippen LogP contribution in [0, 0.1) is 12.8 Å². The predicted molar refractivity (Wildman–Crippen MR) is 88.7 cm³/mol. The summed E-state index contributed by atoms with van der Waals surface area (Å²) >= 11 is 0. The largest absolute Gasteiger partial charge is 0.358 e. The summed E-state index contributed by atoms with van der Waals surface area (Å²) in [5.41, 5.74) is 1.31. The summed E-state index contributed by atoms with van der Waals surface area (Å²) in [5.74, 6) is -0.335. The molecule has 4 rings (SSSR count).